The molecule has 118 valence electrons. The van der Waals surface area contributed by atoms with Crippen molar-refractivity contribution in [3.63, 3.8) is 0 Å². The number of hydrogen-bond acceptors (Lipinski definition) is 2. The van der Waals surface area contributed by atoms with Crippen LogP contribution < -0.4 is 5.32 Å². The van der Waals surface area contributed by atoms with Gasteiger partial charge in [-0.2, -0.15) is 0 Å². The third kappa shape index (κ3) is 4.19. The molecule has 2 heteroatoms. The van der Waals surface area contributed by atoms with E-state index in [0.717, 1.165) is 0 Å². The van der Waals surface area contributed by atoms with E-state index in [9.17, 15) is 5.11 Å². The molecule has 0 saturated carbocycles. The van der Waals surface area contributed by atoms with Crippen molar-refractivity contribution in [2.45, 2.75) is 38.8 Å². The third-order valence-corrected chi connectivity index (χ3v) is 4.30. The summed E-state index contributed by atoms with van der Waals surface area (Å²) in [6.07, 6.45) is 0. The molecule has 0 aliphatic rings. The van der Waals surface area contributed by atoms with Gasteiger partial charge < -0.3 is 10.4 Å². The molecule has 22 heavy (non-hydrogen) atoms. The van der Waals surface area contributed by atoms with Gasteiger partial charge in [-0.15, -0.1) is 0 Å². The van der Waals surface area contributed by atoms with Crippen LogP contribution in [0.25, 0.3) is 0 Å². The minimum Gasteiger partial charge on any atom is -0.395 e. The highest BCUT2D eigenvalue weighted by Crippen LogP contribution is 2.28. The minimum atomic E-state index is 0.116. The number of hydrogen-bond donors (Lipinski definition) is 2. The van der Waals surface area contributed by atoms with Gasteiger partial charge in [0.15, 0.2) is 0 Å². The number of rotatable bonds is 7. The van der Waals surface area contributed by atoms with Gasteiger partial charge in [-0.05, 0) is 24.0 Å². The van der Waals surface area contributed by atoms with Crippen LogP contribution in [0.4, 0.5) is 0 Å². The highest BCUT2D eigenvalue weighted by atomic mass is 16.3. The summed E-state index contributed by atoms with van der Waals surface area (Å²) >= 11 is 0. The zero-order valence-corrected chi connectivity index (χ0v) is 13.7. The molecule has 0 aromatic heterocycles. The second-order valence-electron chi connectivity index (χ2n) is 6.29. The van der Waals surface area contributed by atoms with Gasteiger partial charge in [0.25, 0.3) is 0 Å². The van der Waals surface area contributed by atoms with Crippen LogP contribution >= 0.6 is 0 Å². The Labute approximate surface area is 134 Å². The summed E-state index contributed by atoms with van der Waals surface area (Å²) < 4.78 is 0. The van der Waals surface area contributed by atoms with Gasteiger partial charge in [-0.1, -0.05) is 74.5 Å². The van der Waals surface area contributed by atoms with Crippen LogP contribution in [0.2, 0.25) is 0 Å². The van der Waals surface area contributed by atoms with Crippen LogP contribution in [0.5, 0.6) is 0 Å². The molecule has 0 aliphatic carbocycles. The predicted octanol–water partition coefficient (Wildman–Crippen LogP) is 3.81. The Morgan fingerprint density at radius 3 is 1.64 bits per heavy atom. The standard InChI is InChI=1S/C20H27NO/c1-15(2)19(14-22)21-16(3)20(17-10-6-4-7-11-17)18-12-8-5-9-13-18/h4-13,15-16,19-22H,14H2,1-3H3. The van der Waals surface area contributed by atoms with Crippen molar-refractivity contribution >= 4 is 0 Å². The smallest absolute Gasteiger partial charge is 0.0587 e. The van der Waals surface area contributed by atoms with Crippen molar-refractivity contribution in [1.82, 2.24) is 5.32 Å². The van der Waals surface area contributed by atoms with Gasteiger partial charge in [-0.25, -0.2) is 0 Å². The maximum atomic E-state index is 9.61. The Kier molecular flexibility index (Phi) is 6.17. The fourth-order valence-corrected chi connectivity index (χ4v) is 2.98. The van der Waals surface area contributed by atoms with E-state index < -0.39 is 0 Å². The average Bonchev–Trinajstić information content (AvgIpc) is 2.54. The van der Waals surface area contributed by atoms with E-state index in [1.807, 2.05) is 12.1 Å². The SMILES string of the molecule is CC(C)C(CO)NC(C)C(c1ccccc1)c1ccccc1. The average molecular weight is 297 g/mol. The van der Waals surface area contributed by atoms with E-state index in [2.05, 4.69) is 74.6 Å². The Bertz CT molecular complexity index is 499. The third-order valence-electron chi connectivity index (χ3n) is 4.30. The van der Waals surface area contributed by atoms with Crippen molar-refractivity contribution in [3.8, 4) is 0 Å². The molecule has 0 fully saturated rings. The van der Waals surface area contributed by atoms with Crippen LogP contribution in [0.15, 0.2) is 60.7 Å². The van der Waals surface area contributed by atoms with E-state index in [1.54, 1.807) is 0 Å². The molecule has 0 radical (unpaired) electrons. The van der Waals surface area contributed by atoms with Gasteiger partial charge in [0.2, 0.25) is 0 Å². The molecule has 0 heterocycles. The fraction of sp³-hybridized carbons (Fsp3) is 0.400. The van der Waals surface area contributed by atoms with E-state index in [4.69, 9.17) is 0 Å². The first-order valence-corrected chi connectivity index (χ1v) is 8.10. The zero-order valence-electron chi connectivity index (χ0n) is 13.7. The van der Waals surface area contributed by atoms with Gasteiger partial charge in [0.1, 0.15) is 0 Å². The van der Waals surface area contributed by atoms with Crippen molar-refractivity contribution in [2.75, 3.05) is 6.61 Å². The summed E-state index contributed by atoms with van der Waals surface area (Å²) in [5.74, 6) is 0.676. The molecular formula is C20H27NO. The van der Waals surface area contributed by atoms with Gasteiger partial charge in [0.05, 0.1) is 6.61 Å². The quantitative estimate of drug-likeness (QED) is 0.814. The summed E-state index contributed by atoms with van der Waals surface area (Å²) in [5.41, 5.74) is 2.60. The number of aliphatic hydroxyl groups excluding tert-OH is 1. The second-order valence-corrected chi connectivity index (χ2v) is 6.29. The summed E-state index contributed by atoms with van der Waals surface area (Å²) in [5, 5.41) is 13.2. The van der Waals surface area contributed by atoms with Crippen molar-refractivity contribution in [2.24, 2.45) is 5.92 Å². The molecular weight excluding hydrogens is 270 g/mol. The Morgan fingerprint density at radius 2 is 1.27 bits per heavy atom. The van der Waals surface area contributed by atoms with E-state index in [-0.39, 0.29) is 24.6 Å². The second kappa shape index (κ2) is 8.11. The first kappa shape index (κ1) is 16.7. The molecule has 0 amide bonds. The first-order valence-electron chi connectivity index (χ1n) is 8.10. The lowest BCUT2D eigenvalue weighted by atomic mass is 9.85. The maximum absolute atomic E-state index is 9.61. The van der Waals surface area contributed by atoms with Crippen LogP contribution in [-0.4, -0.2) is 23.8 Å². The molecule has 0 saturated heterocycles. The molecule has 0 bridgehead atoms. The van der Waals surface area contributed by atoms with Crippen LogP contribution in [0.3, 0.4) is 0 Å². The molecule has 2 unspecified atom stereocenters. The molecule has 2 aromatic rings. The Balaban J connectivity index is 2.29. The van der Waals surface area contributed by atoms with Gasteiger partial charge in [-0.3, -0.25) is 0 Å². The van der Waals surface area contributed by atoms with E-state index in [0.29, 0.717) is 5.92 Å². The number of benzene rings is 2. The normalized spacial score (nSPS) is 14.3. The molecule has 0 spiro atoms. The highest BCUT2D eigenvalue weighted by Gasteiger charge is 2.24. The topological polar surface area (TPSA) is 32.3 Å². The molecule has 2 aromatic carbocycles. The van der Waals surface area contributed by atoms with Crippen molar-refractivity contribution in [3.05, 3.63) is 71.8 Å². The maximum Gasteiger partial charge on any atom is 0.0587 e. The molecule has 2 rings (SSSR count). The van der Waals surface area contributed by atoms with Crippen molar-refractivity contribution < 1.29 is 5.11 Å². The summed E-state index contributed by atoms with van der Waals surface area (Å²) in [7, 11) is 0. The van der Waals surface area contributed by atoms with Crippen LogP contribution in [0, 0.1) is 5.92 Å². The summed E-state index contributed by atoms with van der Waals surface area (Å²) in [6.45, 7) is 6.65. The summed E-state index contributed by atoms with van der Waals surface area (Å²) in [6, 6.07) is 21.5. The van der Waals surface area contributed by atoms with Gasteiger partial charge >= 0.3 is 0 Å². The Hall–Kier alpha value is -1.64. The lowest BCUT2D eigenvalue weighted by Crippen LogP contribution is -2.45. The monoisotopic (exact) mass is 297 g/mol. The van der Waals surface area contributed by atoms with Crippen molar-refractivity contribution in [1.29, 1.82) is 0 Å². The zero-order chi connectivity index (χ0) is 15.9. The Morgan fingerprint density at radius 1 is 0.818 bits per heavy atom. The van der Waals surface area contributed by atoms with E-state index >= 15 is 0 Å². The fourth-order valence-electron chi connectivity index (χ4n) is 2.98. The molecule has 0 aliphatic heterocycles. The lowest BCUT2D eigenvalue weighted by molar-refractivity contribution is 0.198. The minimum absolute atomic E-state index is 0.116. The number of aliphatic hydroxyl groups is 1. The highest BCUT2D eigenvalue weighted by molar-refractivity contribution is 5.34. The van der Waals surface area contributed by atoms with Crippen LogP contribution in [-0.2, 0) is 0 Å². The largest absolute Gasteiger partial charge is 0.395 e. The number of nitrogens with one attached hydrogen (secondary N) is 1. The molecule has 2 atom stereocenters. The van der Waals surface area contributed by atoms with E-state index in [1.165, 1.54) is 11.1 Å². The lowest BCUT2D eigenvalue weighted by Gasteiger charge is -2.31. The molecule has 2 N–H and O–H groups in total. The predicted molar refractivity (Wildman–Crippen MR) is 93.0 cm³/mol. The summed E-state index contributed by atoms with van der Waals surface area (Å²) in [4.78, 5) is 0. The van der Waals surface area contributed by atoms with Crippen LogP contribution in [0.1, 0.15) is 37.8 Å². The first-order chi connectivity index (χ1) is 10.6. The van der Waals surface area contributed by atoms with Gasteiger partial charge in [0, 0.05) is 18.0 Å². The molecule has 2 nitrogen and oxygen atoms in total.